The molecule has 150 valence electrons. The van der Waals surface area contributed by atoms with E-state index < -0.39 is 0 Å². The summed E-state index contributed by atoms with van der Waals surface area (Å²) in [5, 5.41) is 0. The molecule has 1 saturated heterocycles. The summed E-state index contributed by atoms with van der Waals surface area (Å²) in [5.74, 6) is 0.584. The maximum atomic E-state index is 13.9. The van der Waals surface area contributed by atoms with Crippen molar-refractivity contribution in [1.82, 2.24) is 4.90 Å². The minimum atomic E-state index is -0.336. The van der Waals surface area contributed by atoms with Crippen LogP contribution in [0.15, 0.2) is 65.1 Å². The molecular weight excluding hydrogens is 374 g/mol. The summed E-state index contributed by atoms with van der Waals surface area (Å²) in [4.78, 5) is 16.3. The van der Waals surface area contributed by atoms with E-state index in [9.17, 15) is 13.6 Å². The minimum Gasteiger partial charge on any atom is -0.461 e. The Morgan fingerprint density at radius 3 is 2.28 bits per heavy atom. The fourth-order valence-corrected chi connectivity index (χ4v) is 3.61. The summed E-state index contributed by atoms with van der Waals surface area (Å²) in [5.41, 5.74) is 0.991. The van der Waals surface area contributed by atoms with Crippen molar-refractivity contribution in [3.8, 4) is 11.3 Å². The van der Waals surface area contributed by atoms with Crippen molar-refractivity contribution in [1.29, 1.82) is 0 Å². The van der Waals surface area contributed by atoms with Gasteiger partial charge in [-0.1, -0.05) is 24.3 Å². The Balaban J connectivity index is 1.30. The quantitative estimate of drug-likeness (QED) is 0.637. The molecule has 0 spiro atoms. The lowest BCUT2D eigenvalue weighted by atomic mass is 10.1. The molecule has 2 heterocycles. The average molecular weight is 396 g/mol. The van der Waals surface area contributed by atoms with Gasteiger partial charge in [0.1, 0.15) is 23.2 Å². The van der Waals surface area contributed by atoms with Gasteiger partial charge in [0.2, 0.25) is 5.91 Å². The first kappa shape index (κ1) is 19.2. The molecule has 1 aromatic heterocycles. The number of piperazine rings is 1. The molecule has 4 rings (SSSR count). The summed E-state index contributed by atoms with van der Waals surface area (Å²) in [6.07, 6.45) is 0.782. The molecule has 29 heavy (non-hydrogen) atoms. The van der Waals surface area contributed by atoms with Crippen LogP contribution < -0.4 is 4.90 Å². The van der Waals surface area contributed by atoms with Crippen molar-refractivity contribution in [2.75, 3.05) is 31.1 Å². The molecule has 0 bridgehead atoms. The van der Waals surface area contributed by atoms with E-state index in [-0.39, 0.29) is 17.5 Å². The lowest BCUT2D eigenvalue weighted by Crippen LogP contribution is -2.49. The molecule has 1 aliphatic rings. The van der Waals surface area contributed by atoms with E-state index in [2.05, 4.69) is 0 Å². The first-order chi connectivity index (χ1) is 14.1. The van der Waals surface area contributed by atoms with Gasteiger partial charge in [-0.3, -0.25) is 4.79 Å². The number of halogens is 2. The standard InChI is InChI=1S/C23H22F2N2O2/c24-19-6-2-1-5-18(19)22-11-9-17(29-22)10-12-23(28)27-15-13-26(14-16-27)21-8-4-3-7-20(21)25/h1-9,11H,10,12-16H2. The van der Waals surface area contributed by atoms with Crippen LogP contribution in [0.2, 0.25) is 0 Å². The van der Waals surface area contributed by atoms with Crippen LogP contribution in [0.5, 0.6) is 0 Å². The predicted molar refractivity (Wildman–Crippen MR) is 108 cm³/mol. The summed E-state index contributed by atoms with van der Waals surface area (Å²) in [6.45, 7) is 2.33. The van der Waals surface area contributed by atoms with E-state index in [1.807, 2.05) is 11.0 Å². The maximum absolute atomic E-state index is 13.9. The summed E-state index contributed by atoms with van der Waals surface area (Å²) in [6, 6.07) is 16.7. The van der Waals surface area contributed by atoms with Crippen LogP contribution >= 0.6 is 0 Å². The number of para-hydroxylation sites is 1. The number of furan rings is 1. The fraction of sp³-hybridized carbons (Fsp3) is 0.261. The molecule has 3 aromatic rings. The van der Waals surface area contributed by atoms with Gasteiger partial charge in [-0.2, -0.15) is 0 Å². The zero-order valence-corrected chi connectivity index (χ0v) is 16.0. The Hall–Kier alpha value is -3.15. The smallest absolute Gasteiger partial charge is 0.223 e. The highest BCUT2D eigenvalue weighted by Gasteiger charge is 2.22. The number of rotatable bonds is 5. The van der Waals surface area contributed by atoms with Crippen molar-refractivity contribution < 1.29 is 18.0 Å². The van der Waals surface area contributed by atoms with Gasteiger partial charge in [0.15, 0.2) is 0 Å². The number of aryl methyl sites for hydroxylation is 1. The second-order valence-corrected chi connectivity index (χ2v) is 7.07. The SMILES string of the molecule is O=C(CCc1ccc(-c2ccccc2F)o1)N1CCN(c2ccccc2F)CC1. The van der Waals surface area contributed by atoms with Gasteiger partial charge in [0.25, 0.3) is 0 Å². The molecule has 0 atom stereocenters. The summed E-state index contributed by atoms with van der Waals surface area (Å²) in [7, 11) is 0. The third kappa shape index (κ3) is 4.31. The number of carbonyl (C=O) groups excluding carboxylic acids is 1. The first-order valence-corrected chi connectivity index (χ1v) is 9.72. The zero-order valence-electron chi connectivity index (χ0n) is 16.0. The second kappa shape index (κ2) is 8.47. The lowest BCUT2D eigenvalue weighted by Gasteiger charge is -2.36. The van der Waals surface area contributed by atoms with Gasteiger partial charge >= 0.3 is 0 Å². The number of anilines is 1. The van der Waals surface area contributed by atoms with E-state index >= 15 is 0 Å². The third-order valence-corrected chi connectivity index (χ3v) is 5.21. The predicted octanol–water partition coefficient (Wildman–Crippen LogP) is 4.51. The molecule has 4 nitrogen and oxygen atoms in total. The highest BCUT2D eigenvalue weighted by atomic mass is 19.1. The molecule has 0 N–H and O–H groups in total. The normalized spacial score (nSPS) is 14.3. The van der Waals surface area contributed by atoms with Crippen LogP contribution in [0.1, 0.15) is 12.2 Å². The van der Waals surface area contributed by atoms with Crippen LogP contribution in [0, 0.1) is 11.6 Å². The number of nitrogens with zero attached hydrogens (tertiary/aromatic N) is 2. The Morgan fingerprint density at radius 1 is 0.862 bits per heavy atom. The highest BCUT2D eigenvalue weighted by Crippen LogP contribution is 2.25. The molecular formula is C23H22F2N2O2. The van der Waals surface area contributed by atoms with Crippen molar-refractivity contribution >= 4 is 11.6 Å². The Kier molecular flexibility index (Phi) is 5.60. The molecule has 0 unspecified atom stereocenters. The Bertz CT molecular complexity index is 994. The number of hydrogen-bond donors (Lipinski definition) is 0. The number of amides is 1. The van der Waals surface area contributed by atoms with Gasteiger partial charge in [0, 0.05) is 39.0 Å². The largest absolute Gasteiger partial charge is 0.461 e. The van der Waals surface area contributed by atoms with Gasteiger partial charge in [-0.15, -0.1) is 0 Å². The van der Waals surface area contributed by atoms with E-state index in [0.29, 0.717) is 61.8 Å². The number of hydrogen-bond acceptors (Lipinski definition) is 3. The lowest BCUT2D eigenvalue weighted by molar-refractivity contribution is -0.131. The van der Waals surface area contributed by atoms with Crippen molar-refractivity contribution in [3.05, 3.63) is 78.1 Å². The zero-order chi connectivity index (χ0) is 20.2. The van der Waals surface area contributed by atoms with E-state index in [1.165, 1.54) is 12.1 Å². The summed E-state index contributed by atoms with van der Waals surface area (Å²) < 4.78 is 33.5. The third-order valence-electron chi connectivity index (χ3n) is 5.21. The average Bonchev–Trinajstić information content (AvgIpc) is 3.22. The molecule has 1 amide bonds. The van der Waals surface area contributed by atoms with Crippen LogP contribution in [-0.4, -0.2) is 37.0 Å². The van der Waals surface area contributed by atoms with Gasteiger partial charge in [0.05, 0.1) is 11.3 Å². The van der Waals surface area contributed by atoms with Crippen molar-refractivity contribution in [2.24, 2.45) is 0 Å². The topological polar surface area (TPSA) is 36.7 Å². The van der Waals surface area contributed by atoms with E-state index in [1.54, 1.807) is 47.4 Å². The molecule has 1 aliphatic heterocycles. The van der Waals surface area contributed by atoms with Crippen LogP contribution in [0.25, 0.3) is 11.3 Å². The number of benzene rings is 2. The number of carbonyl (C=O) groups is 1. The van der Waals surface area contributed by atoms with Crippen LogP contribution in [0.3, 0.4) is 0 Å². The van der Waals surface area contributed by atoms with Crippen LogP contribution in [-0.2, 0) is 11.2 Å². The van der Waals surface area contributed by atoms with Crippen molar-refractivity contribution in [2.45, 2.75) is 12.8 Å². The van der Waals surface area contributed by atoms with Crippen LogP contribution in [0.4, 0.5) is 14.5 Å². The molecule has 2 aromatic carbocycles. The monoisotopic (exact) mass is 396 g/mol. The first-order valence-electron chi connectivity index (χ1n) is 9.72. The fourth-order valence-electron chi connectivity index (χ4n) is 3.61. The molecule has 0 radical (unpaired) electrons. The van der Waals surface area contributed by atoms with Gasteiger partial charge in [-0.25, -0.2) is 8.78 Å². The van der Waals surface area contributed by atoms with Gasteiger partial charge < -0.3 is 14.2 Å². The molecule has 0 aliphatic carbocycles. The Labute approximate surface area is 168 Å². The van der Waals surface area contributed by atoms with Gasteiger partial charge in [-0.05, 0) is 36.4 Å². The Morgan fingerprint density at radius 2 is 1.55 bits per heavy atom. The summed E-state index contributed by atoms with van der Waals surface area (Å²) >= 11 is 0. The molecule has 1 fully saturated rings. The minimum absolute atomic E-state index is 0.0435. The molecule has 0 saturated carbocycles. The van der Waals surface area contributed by atoms with E-state index in [4.69, 9.17) is 4.42 Å². The maximum Gasteiger partial charge on any atom is 0.223 e. The second-order valence-electron chi connectivity index (χ2n) is 7.07. The van der Waals surface area contributed by atoms with E-state index in [0.717, 1.165) is 0 Å². The highest BCUT2D eigenvalue weighted by molar-refractivity contribution is 5.76. The molecule has 6 heteroatoms. The van der Waals surface area contributed by atoms with Crippen molar-refractivity contribution in [3.63, 3.8) is 0 Å².